The van der Waals surface area contributed by atoms with Crippen molar-refractivity contribution in [1.29, 1.82) is 0 Å². The van der Waals surface area contributed by atoms with Gasteiger partial charge in [-0.05, 0) is 44.0 Å². The average molecular weight is 328 g/mol. The number of carbonyl (C=O) groups excluding carboxylic acids is 1. The molecular weight excluding hydrogens is 309 g/mol. The number of hydrogen-bond acceptors (Lipinski definition) is 3. The second kappa shape index (κ2) is 6.13. The molecule has 2 aliphatic heterocycles. The van der Waals surface area contributed by atoms with Gasteiger partial charge in [-0.3, -0.25) is 9.69 Å². The van der Waals surface area contributed by atoms with Crippen LogP contribution in [0.3, 0.4) is 0 Å². The summed E-state index contributed by atoms with van der Waals surface area (Å²) in [5, 5.41) is 7.11. The fraction of sp³-hybridized carbons (Fsp3) is 0.533. The molecule has 0 saturated carbocycles. The molecule has 2 N–H and O–H groups in total. The first-order chi connectivity index (χ1) is 10.1. The SMILES string of the molecule is CC1C2CNCC2CN1CC(=O)Nc1cccc(Cl)c1Cl. The van der Waals surface area contributed by atoms with Crippen LogP contribution in [0.2, 0.25) is 10.0 Å². The molecule has 1 aromatic rings. The van der Waals surface area contributed by atoms with Crippen molar-refractivity contribution < 1.29 is 4.79 Å². The van der Waals surface area contributed by atoms with E-state index in [4.69, 9.17) is 23.2 Å². The first kappa shape index (κ1) is 15.1. The zero-order valence-electron chi connectivity index (χ0n) is 11.9. The Kier molecular flexibility index (Phi) is 4.41. The van der Waals surface area contributed by atoms with Gasteiger partial charge >= 0.3 is 0 Å². The first-order valence-corrected chi connectivity index (χ1v) is 8.00. The van der Waals surface area contributed by atoms with E-state index >= 15 is 0 Å². The largest absolute Gasteiger partial charge is 0.324 e. The van der Waals surface area contributed by atoms with Crippen LogP contribution in [0.4, 0.5) is 5.69 Å². The summed E-state index contributed by atoms with van der Waals surface area (Å²) in [4.78, 5) is 14.5. The summed E-state index contributed by atoms with van der Waals surface area (Å²) >= 11 is 12.0. The van der Waals surface area contributed by atoms with E-state index in [1.807, 2.05) is 0 Å². The van der Waals surface area contributed by atoms with Crippen molar-refractivity contribution >= 4 is 34.8 Å². The van der Waals surface area contributed by atoms with Crippen molar-refractivity contribution in [2.45, 2.75) is 13.0 Å². The molecule has 0 aromatic heterocycles. The number of nitrogens with one attached hydrogen (secondary N) is 2. The van der Waals surface area contributed by atoms with E-state index in [1.54, 1.807) is 18.2 Å². The van der Waals surface area contributed by atoms with Crippen LogP contribution in [-0.2, 0) is 4.79 Å². The molecule has 3 unspecified atom stereocenters. The van der Waals surface area contributed by atoms with Gasteiger partial charge < -0.3 is 10.6 Å². The van der Waals surface area contributed by atoms with Gasteiger partial charge in [-0.1, -0.05) is 29.3 Å². The summed E-state index contributed by atoms with van der Waals surface area (Å²) in [6.45, 7) is 5.71. The van der Waals surface area contributed by atoms with Gasteiger partial charge in [0.1, 0.15) is 0 Å². The molecule has 2 heterocycles. The first-order valence-electron chi connectivity index (χ1n) is 7.25. The highest BCUT2D eigenvalue weighted by molar-refractivity contribution is 6.43. The molecule has 0 radical (unpaired) electrons. The van der Waals surface area contributed by atoms with Crippen LogP contribution in [-0.4, -0.2) is 43.0 Å². The van der Waals surface area contributed by atoms with Gasteiger partial charge in [-0.25, -0.2) is 0 Å². The summed E-state index contributed by atoms with van der Waals surface area (Å²) in [7, 11) is 0. The van der Waals surface area contributed by atoms with E-state index in [1.165, 1.54) is 0 Å². The molecule has 1 aromatic carbocycles. The van der Waals surface area contributed by atoms with Crippen LogP contribution in [0.5, 0.6) is 0 Å². The molecule has 4 nitrogen and oxygen atoms in total. The second-order valence-electron chi connectivity index (χ2n) is 5.90. The van der Waals surface area contributed by atoms with Crippen LogP contribution >= 0.6 is 23.2 Å². The number of anilines is 1. The van der Waals surface area contributed by atoms with Crippen LogP contribution in [0.25, 0.3) is 0 Å². The number of benzene rings is 1. The lowest BCUT2D eigenvalue weighted by atomic mass is 9.95. The Labute approximate surface area is 134 Å². The van der Waals surface area contributed by atoms with E-state index in [2.05, 4.69) is 22.5 Å². The van der Waals surface area contributed by atoms with Crippen molar-refractivity contribution in [2.75, 3.05) is 31.5 Å². The third kappa shape index (κ3) is 3.04. The van der Waals surface area contributed by atoms with E-state index in [9.17, 15) is 4.79 Å². The summed E-state index contributed by atoms with van der Waals surface area (Å²) in [5.74, 6) is 1.29. The van der Waals surface area contributed by atoms with Gasteiger partial charge in [0.05, 0.1) is 22.3 Å². The Balaban J connectivity index is 1.61. The van der Waals surface area contributed by atoms with Gasteiger partial charge in [0, 0.05) is 12.6 Å². The number of nitrogens with zero attached hydrogens (tertiary/aromatic N) is 1. The Bertz CT molecular complexity index is 552. The summed E-state index contributed by atoms with van der Waals surface area (Å²) in [6, 6.07) is 5.68. The molecule has 2 fully saturated rings. The highest BCUT2D eigenvalue weighted by atomic mass is 35.5. The minimum atomic E-state index is -0.0426. The minimum absolute atomic E-state index is 0.0426. The van der Waals surface area contributed by atoms with Crippen LogP contribution in [0.1, 0.15) is 6.92 Å². The molecule has 2 aliphatic rings. The maximum Gasteiger partial charge on any atom is 0.238 e. The molecular formula is C15H19Cl2N3O. The van der Waals surface area contributed by atoms with E-state index < -0.39 is 0 Å². The van der Waals surface area contributed by atoms with Gasteiger partial charge in [-0.15, -0.1) is 0 Å². The highest BCUT2D eigenvalue weighted by Crippen LogP contribution is 2.32. The normalized spacial score (nSPS) is 28.6. The molecule has 1 amide bonds. The van der Waals surface area contributed by atoms with E-state index in [0.29, 0.717) is 40.2 Å². The summed E-state index contributed by atoms with van der Waals surface area (Å²) in [6.07, 6.45) is 0. The Morgan fingerprint density at radius 3 is 3.00 bits per heavy atom. The number of halogens is 2. The zero-order chi connectivity index (χ0) is 15.0. The molecule has 3 rings (SSSR count). The van der Waals surface area contributed by atoms with Gasteiger partial charge in [-0.2, -0.15) is 0 Å². The maximum absolute atomic E-state index is 12.2. The molecule has 0 aliphatic carbocycles. The van der Waals surface area contributed by atoms with Gasteiger partial charge in [0.15, 0.2) is 0 Å². The summed E-state index contributed by atoms with van der Waals surface area (Å²) < 4.78 is 0. The van der Waals surface area contributed by atoms with Gasteiger partial charge in [0.2, 0.25) is 5.91 Å². The standard InChI is InChI=1S/C15H19Cl2N3O/c1-9-11-6-18-5-10(11)7-20(9)8-14(21)19-13-4-2-3-12(16)15(13)17/h2-4,9-11,18H,5-8H2,1H3,(H,19,21). The number of rotatable bonds is 3. The van der Waals surface area contributed by atoms with Crippen LogP contribution < -0.4 is 10.6 Å². The monoisotopic (exact) mass is 327 g/mol. The molecule has 3 atom stereocenters. The Hall–Kier alpha value is -0.810. The number of likely N-dealkylation sites (tertiary alicyclic amines) is 1. The lowest BCUT2D eigenvalue weighted by molar-refractivity contribution is -0.117. The lowest BCUT2D eigenvalue weighted by Crippen LogP contribution is -2.38. The fourth-order valence-electron chi connectivity index (χ4n) is 3.44. The topological polar surface area (TPSA) is 44.4 Å². The van der Waals surface area contributed by atoms with E-state index in [-0.39, 0.29) is 5.91 Å². The Morgan fingerprint density at radius 2 is 2.24 bits per heavy atom. The predicted octanol–water partition coefficient (Wildman–Crippen LogP) is 2.47. The van der Waals surface area contributed by atoms with Crippen molar-refractivity contribution in [3.05, 3.63) is 28.2 Å². The minimum Gasteiger partial charge on any atom is -0.324 e. The lowest BCUT2D eigenvalue weighted by Gasteiger charge is -2.23. The zero-order valence-corrected chi connectivity index (χ0v) is 13.4. The molecule has 114 valence electrons. The summed E-state index contributed by atoms with van der Waals surface area (Å²) in [5.41, 5.74) is 0.572. The van der Waals surface area contributed by atoms with Crippen LogP contribution in [0, 0.1) is 11.8 Å². The van der Waals surface area contributed by atoms with Crippen LogP contribution in [0.15, 0.2) is 18.2 Å². The number of fused-ring (bicyclic) bond motifs is 1. The number of amides is 1. The quantitative estimate of drug-likeness (QED) is 0.896. The third-order valence-electron chi connectivity index (χ3n) is 4.63. The third-order valence-corrected chi connectivity index (χ3v) is 5.45. The van der Waals surface area contributed by atoms with Gasteiger partial charge in [0.25, 0.3) is 0 Å². The molecule has 0 spiro atoms. The second-order valence-corrected chi connectivity index (χ2v) is 6.69. The van der Waals surface area contributed by atoms with Crippen molar-refractivity contribution in [1.82, 2.24) is 10.2 Å². The van der Waals surface area contributed by atoms with Crippen molar-refractivity contribution in [3.63, 3.8) is 0 Å². The average Bonchev–Trinajstić information content (AvgIpc) is 3.00. The molecule has 6 heteroatoms. The van der Waals surface area contributed by atoms with Crippen molar-refractivity contribution in [3.8, 4) is 0 Å². The Morgan fingerprint density at radius 1 is 1.43 bits per heavy atom. The fourth-order valence-corrected chi connectivity index (χ4v) is 3.79. The highest BCUT2D eigenvalue weighted by Gasteiger charge is 2.42. The van der Waals surface area contributed by atoms with E-state index in [0.717, 1.165) is 19.6 Å². The maximum atomic E-state index is 12.2. The molecule has 0 bridgehead atoms. The smallest absolute Gasteiger partial charge is 0.238 e. The molecule has 2 saturated heterocycles. The number of hydrogen-bond donors (Lipinski definition) is 2. The predicted molar refractivity (Wildman–Crippen MR) is 86.0 cm³/mol. The number of carbonyl (C=O) groups is 1. The van der Waals surface area contributed by atoms with Crippen molar-refractivity contribution in [2.24, 2.45) is 11.8 Å². The molecule has 21 heavy (non-hydrogen) atoms.